The van der Waals surface area contributed by atoms with Crippen molar-refractivity contribution >= 4 is 63.7 Å². The Labute approximate surface area is 217 Å². The molecule has 1 aliphatic heterocycles. The predicted octanol–water partition coefficient (Wildman–Crippen LogP) is 5.22. The molecule has 0 spiro atoms. The first-order chi connectivity index (χ1) is 16.8. The van der Waals surface area contributed by atoms with Gasteiger partial charge in [-0.15, -0.1) is 0 Å². The van der Waals surface area contributed by atoms with E-state index in [4.69, 9.17) is 35.4 Å². The minimum atomic E-state index is -0.507. The van der Waals surface area contributed by atoms with Crippen molar-refractivity contribution in [2.45, 2.75) is 0 Å². The average Bonchev–Trinajstić information content (AvgIpc) is 2.86. The summed E-state index contributed by atoms with van der Waals surface area (Å²) < 4.78 is 13.9. The van der Waals surface area contributed by atoms with Gasteiger partial charge in [-0.3, -0.25) is 14.9 Å². The summed E-state index contributed by atoms with van der Waals surface area (Å²) in [5, 5.41) is 6.35. The summed E-state index contributed by atoms with van der Waals surface area (Å²) in [6.07, 6.45) is 0. The van der Waals surface area contributed by atoms with E-state index >= 15 is 0 Å². The molecule has 4 rings (SSSR count). The second-order valence-corrected chi connectivity index (χ2v) is 9.09. The Morgan fingerprint density at radius 3 is 2.26 bits per heavy atom. The van der Waals surface area contributed by atoms with Crippen LogP contribution in [0.15, 0.2) is 66.7 Å². The Hall–Kier alpha value is -3.20. The zero-order chi connectivity index (χ0) is 24.9. The van der Waals surface area contributed by atoms with Gasteiger partial charge in [-0.2, -0.15) is 0 Å². The Morgan fingerprint density at radius 1 is 0.886 bits per heavy atom. The van der Waals surface area contributed by atoms with E-state index in [1.165, 1.54) is 18.2 Å². The topological polar surface area (TPSA) is 64.7 Å². The lowest BCUT2D eigenvalue weighted by atomic mass is 10.1. The van der Waals surface area contributed by atoms with Gasteiger partial charge in [-0.25, -0.2) is 4.39 Å². The number of thiocarbonyl (C=S) groups is 1. The van der Waals surface area contributed by atoms with Crippen molar-refractivity contribution in [1.29, 1.82) is 0 Å². The molecule has 3 aromatic rings. The molecule has 2 amide bonds. The third-order valence-electron chi connectivity index (χ3n) is 5.56. The van der Waals surface area contributed by atoms with Gasteiger partial charge in [-0.05, 0) is 66.8 Å². The molecule has 1 heterocycles. The number of carbonyl (C=O) groups excluding carboxylic acids is 2. The number of hydrogen-bond donors (Lipinski definition) is 2. The van der Waals surface area contributed by atoms with Crippen LogP contribution in [0.4, 0.5) is 15.8 Å². The van der Waals surface area contributed by atoms with Crippen LogP contribution in [0.25, 0.3) is 0 Å². The van der Waals surface area contributed by atoms with Crippen LogP contribution in [0.5, 0.6) is 0 Å². The maximum absolute atomic E-state index is 13.9. The fourth-order valence-corrected chi connectivity index (χ4v) is 4.32. The zero-order valence-electron chi connectivity index (χ0n) is 18.4. The molecule has 0 radical (unpaired) electrons. The summed E-state index contributed by atoms with van der Waals surface area (Å²) in [6, 6.07) is 18.2. The highest BCUT2D eigenvalue weighted by Crippen LogP contribution is 2.22. The van der Waals surface area contributed by atoms with Gasteiger partial charge >= 0.3 is 0 Å². The first kappa shape index (κ1) is 24.9. The number of piperazine rings is 1. The standard InChI is InChI=1S/C25H21Cl2FN4O2S/c26-16-5-10-21(27)20(15-16)23(33)30-25(35)29-17-6-8-18(9-7-17)31-11-13-32(14-12-31)24(34)19-3-1-2-4-22(19)28/h1-10,15H,11-14H2,(H2,29,30,33,35). The number of amides is 2. The van der Waals surface area contributed by atoms with Crippen LogP contribution in [0.2, 0.25) is 10.0 Å². The summed E-state index contributed by atoms with van der Waals surface area (Å²) in [4.78, 5) is 28.9. The van der Waals surface area contributed by atoms with Crippen LogP contribution in [0.3, 0.4) is 0 Å². The quantitative estimate of drug-likeness (QED) is 0.452. The Bertz CT molecular complexity index is 1260. The summed E-state index contributed by atoms with van der Waals surface area (Å²) in [5.74, 6) is -1.26. The van der Waals surface area contributed by atoms with Crippen LogP contribution >= 0.6 is 35.4 Å². The lowest BCUT2D eigenvalue weighted by molar-refractivity contribution is 0.0742. The van der Waals surface area contributed by atoms with Crippen LogP contribution in [0.1, 0.15) is 20.7 Å². The average molecular weight is 531 g/mol. The van der Waals surface area contributed by atoms with E-state index < -0.39 is 11.7 Å². The smallest absolute Gasteiger partial charge is 0.258 e. The van der Waals surface area contributed by atoms with E-state index in [1.807, 2.05) is 24.3 Å². The number of nitrogens with zero attached hydrogens (tertiary/aromatic N) is 2. The lowest BCUT2D eigenvalue weighted by Gasteiger charge is -2.36. The van der Waals surface area contributed by atoms with E-state index in [0.717, 1.165) is 5.69 Å². The summed E-state index contributed by atoms with van der Waals surface area (Å²) in [7, 11) is 0. The van der Waals surface area contributed by atoms with E-state index in [2.05, 4.69) is 15.5 Å². The van der Waals surface area contributed by atoms with Crippen molar-refractivity contribution in [3.05, 3.63) is 93.7 Å². The van der Waals surface area contributed by atoms with Crippen molar-refractivity contribution in [3.8, 4) is 0 Å². The molecule has 2 N–H and O–H groups in total. The van der Waals surface area contributed by atoms with E-state index in [0.29, 0.717) is 36.9 Å². The maximum atomic E-state index is 13.9. The molecule has 0 atom stereocenters. The van der Waals surface area contributed by atoms with Gasteiger partial charge in [0.2, 0.25) is 0 Å². The van der Waals surface area contributed by atoms with Crippen LogP contribution in [-0.2, 0) is 0 Å². The van der Waals surface area contributed by atoms with Crippen LogP contribution in [-0.4, -0.2) is 48.0 Å². The number of halogens is 3. The number of rotatable bonds is 4. The molecule has 0 unspecified atom stereocenters. The van der Waals surface area contributed by atoms with Crippen molar-refractivity contribution in [2.24, 2.45) is 0 Å². The largest absolute Gasteiger partial charge is 0.368 e. The van der Waals surface area contributed by atoms with Crippen molar-refractivity contribution < 1.29 is 14.0 Å². The minimum Gasteiger partial charge on any atom is -0.368 e. The third kappa shape index (κ3) is 6.08. The second-order valence-electron chi connectivity index (χ2n) is 7.84. The second kappa shape index (κ2) is 11.0. The number of hydrogen-bond acceptors (Lipinski definition) is 4. The fourth-order valence-electron chi connectivity index (χ4n) is 3.73. The number of anilines is 2. The third-order valence-corrected chi connectivity index (χ3v) is 6.33. The normalized spacial score (nSPS) is 13.3. The van der Waals surface area contributed by atoms with E-state index in [1.54, 1.807) is 29.2 Å². The molecule has 1 fully saturated rings. The van der Waals surface area contributed by atoms with Crippen molar-refractivity contribution in [3.63, 3.8) is 0 Å². The summed E-state index contributed by atoms with van der Waals surface area (Å²) in [6.45, 7) is 2.24. The molecule has 3 aromatic carbocycles. The SMILES string of the molecule is O=C(NC(=S)Nc1ccc(N2CCN(C(=O)c3ccccc3F)CC2)cc1)c1cc(Cl)ccc1Cl. The highest BCUT2D eigenvalue weighted by molar-refractivity contribution is 7.80. The zero-order valence-corrected chi connectivity index (χ0v) is 20.8. The molecule has 0 aliphatic carbocycles. The minimum absolute atomic E-state index is 0.0945. The Kier molecular flexibility index (Phi) is 7.85. The maximum Gasteiger partial charge on any atom is 0.258 e. The lowest BCUT2D eigenvalue weighted by Crippen LogP contribution is -2.49. The Morgan fingerprint density at radius 2 is 1.57 bits per heavy atom. The molecule has 1 saturated heterocycles. The molecular formula is C25H21Cl2FN4O2S. The summed E-state index contributed by atoms with van der Waals surface area (Å²) in [5.41, 5.74) is 2.00. The molecule has 35 heavy (non-hydrogen) atoms. The van der Waals surface area contributed by atoms with Gasteiger partial charge in [0.1, 0.15) is 5.82 Å². The van der Waals surface area contributed by atoms with Gasteiger partial charge < -0.3 is 15.1 Å². The molecule has 0 aromatic heterocycles. The Balaban J connectivity index is 1.30. The molecule has 0 bridgehead atoms. The highest BCUT2D eigenvalue weighted by Gasteiger charge is 2.24. The van der Waals surface area contributed by atoms with Crippen molar-refractivity contribution in [2.75, 3.05) is 36.4 Å². The van der Waals surface area contributed by atoms with Crippen LogP contribution < -0.4 is 15.5 Å². The van der Waals surface area contributed by atoms with E-state index in [-0.39, 0.29) is 27.2 Å². The first-order valence-electron chi connectivity index (χ1n) is 10.8. The molecule has 180 valence electrons. The predicted molar refractivity (Wildman–Crippen MR) is 141 cm³/mol. The number of benzene rings is 3. The van der Waals surface area contributed by atoms with E-state index in [9.17, 15) is 14.0 Å². The number of carbonyl (C=O) groups is 2. The van der Waals surface area contributed by atoms with Gasteiger partial charge in [0, 0.05) is 42.6 Å². The monoisotopic (exact) mass is 530 g/mol. The van der Waals surface area contributed by atoms with Crippen LogP contribution in [0, 0.1) is 5.82 Å². The first-order valence-corrected chi connectivity index (χ1v) is 11.9. The van der Waals surface area contributed by atoms with Gasteiger partial charge in [0.05, 0.1) is 16.1 Å². The van der Waals surface area contributed by atoms with Gasteiger partial charge in [0.15, 0.2) is 5.11 Å². The molecule has 1 aliphatic rings. The molecule has 6 nitrogen and oxygen atoms in total. The van der Waals surface area contributed by atoms with Crippen molar-refractivity contribution in [1.82, 2.24) is 10.2 Å². The molecular weight excluding hydrogens is 510 g/mol. The van der Waals surface area contributed by atoms with Gasteiger partial charge in [-0.1, -0.05) is 35.3 Å². The molecule has 10 heteroatoms. The van der Waals surface area contributed by atoms with Gasteiger partial charge in [0.25, 0.3) is 11.8 Å². The summed E-state index contributed by atoms with van der Waals surface area (Å²) >= 11 is 17.2. The highest BCUT2D eigenvalue weighted by atomic mass is 35.5. The fraction of sp³-hybridized carbons (Fsp3) is 0.160. The molecule has 0 saturated carbocycles. The number of nitrogens with one attached hydrogen (secondary N) is 2.